The normalized spacial score (nSPS) is 11.7. The number of nitrogens with zero attached hydrogens (tertiary/aromatic N) is 1. The molecule has 2 aromatic carbocycles. The molecular weight excluding hydrogens is 338 g/mol. The molecule has 21 heavy (non-hydrogen) atoms. The van der Waals surface area contributed by atoms with Crippen molar-refractivity contribution in [2.75, 3.05) is 0 Å². The fourth-order valence-electron chi connectivity index (χ4n) is 1.78. The van der Waals surface area contributed by atoms with Gasteiger partial charge in [0.1, 0.15) is 12.9 Å². The fourth-order valence-corrected chi connectivity index (χ4v) is 2.07. The Morgan fingerprint density at radius 1 is 1.24 bits per heavy atom. The highest BCUT2D eigenvalue weighted by Gasteiger charge is 2.18. The summed E-state index contributed by atoms with van der Waals surface area (Å²) in [6.07, 6.45) is 0.670. The molecule has 0 spiro atoms. The molecule has 1 unspecified atom stereocenters. The Morgan fingerprint density at radius 3 is 2.57 bits per heavy atom. The summed E-state index contributed by atoms with van der Waals surface area (Å²) in [5.41, 5.74) is 1.28. The minimum Gasteiger partial charge on any atom is -0.482 e. The van der Waals surface area contributed by atoms with Crippen LogP contribution in [0.5, 0.6) is 5.75 Å². The number of alkyl halides is 1. The molecule has 0 bridgehead atoms. The van der Waals surface area contributed by atoms with Crippen molar-refractivity contribution in [3.63, 3.8) is 0 Å². The monoisotopic (exact) mass is 349 g/mol. The summed E-state index contributed by atoms with van der Waals surface area (Å²) in [6.45, 7) is 0.243. The molecule has 0 radical (unpaired) electrons. The molecule has 0 N–H and O–H groups in total. The van der Waals surface area contributed by atoms with Gasteiger partial charge >= 0.3 is 5.69 Å². The van der Waals surface area contributed by atoms with Crippen LogP contribution in [0.3, 0.4) is 0 Å². The van der Waals surface area contributed by atoms with Crippen LogP contribution in [0.1, 0.15) is 16.0 Å². The van der Waals surface area contributed by atoms with Crippen molar-refractivity contribution in [3.05, 3.63) is 69.8 Å². The van der Waals surface area contributed by atoms with Crippen molar-refractivity contribution in [2.24, 2.45) is 0 Å². The number of carbonyl (C=O) groups excluding carboxylic acids is 1. The highest BCUT2D eigenvalue weighted by molar-refractivity contribution is 9.09. The van der Waals surface area contributed by atoms with Gasteiger partial charge in [0.2, 0.25) is 0 Å². The summed E-state index contributed by atoms with van der Waals surface area (Å²) in [7, 11) is 0. The molecule has 0 aliphatic rings. The second-order valence-corrected chi connectivity index (χ2v) is 5.28. The number of nitro benzene ring substituents is 1. The van der Waals surface area contributed by atoms with Crippen LogP contribution in [0.2, 0.25) is 0 Å². The first-order chi connectivity index (χ1) is 10.1. The Balaban J connectivity index is 2.22. The summed E-state index contributed by atoms with van der Waals surface area (Å²) >= 11 is 3.14. The molecule has 0 aliphatic carbocycles. The molecule has 0 saturated heterocycles. The van der Waals surface area contributed by atoms with Gasteiger partial charge in [-0.2, -0.15) is 0 Å². The second-order valence-electron chi connectivity index (χ2n) is 4.30. The zero-order chi connectivity index (χ0) is 15.2. The van der Waals surface area contributed by atoms with E-state index in [4.69, 9.17) is 4.74 Å². The Labute approximate surface area is 129 Å². The average Bonchev–Trinajstić information content (AvgIpc) is 2.52. The molecule has 6 heteroatoms. The number of ether oxygens (including phenoxy) is 1. The van der Waals surface area contributed by atoms with E-state index in [9.17, 15) is 14.9 Å². The number of aldehydes is 1. The van der Waals surface area contributed by atoms with Crippen molar-refractivity contribution in [2.45, 2.75) is 11.4 Å². The van der Waals surface area contributed by atoms with E-state index in [-0.39, 0.29) is 18.0 Å². The predicted octanol–water partition coefficient (Wildman–Crippen LogP) is 3.81. The summed E-state index contributed by atoms with van der Waals surface area (Å²) < 4.78 is 5.51. The summed E-state index contributed by atoms with van der Waals surface area (Å²) in [4.78, 5) is 20.8. The SMILES string of the molecule is O=CC(Br)c1ccc(OCc2ccccc2)c([N+](=O)[O-])c1. The van der Waals surface area contributed by atoms with Crippen LogP contribution in [0.15, 0.2) is 48.5 Å². The molecule has 2 aromatic rings. The fraction of sp³-hybridized carbons (Fsp3) is 0.133. The summed E-state index contributed by atoms with van der Waals surface area (Å²) in [6, 6.07) is 13.9. The van der Waals surface area contributed by atoms with Crippen molar-refractivity contribution < 1.29 is 14.5 Å². The first-order valence-electron chi connectivity index (χ1n) is 6.16. The van der Waals surface area contributed by atoms with Crippen LogP contribution >= 0.6 is 15.9 Å². The largest absolute Gasteiger partial charge is 0.482 e. The number of benzene rings is 2. The Kier molecular flexibility index (Phi) is 5.05. The van der Waals surface area contributed by atoms with Crippen molar-refractivity contribution in [3.8, 4) is 5.75 Å². The molecule has 1 atom stereocenters. The maximum atomic E-state index is 11.1. The lowest BCUT2D eigenvalue weighted by molar-refractivity contribution is -0.386. The quantitative estimate of drug-likeness (QED) is 0.344. The molecule has 2 rings (SSSR count). The zero-order valence-corrected chi connectivity index (χ0v) is 12.5. The van der Waals surface area contributed by atoms with Gasteiger partial charge in [0.05, 0.1) is 9.75 Å². The molecule has 0 aliphatic heterocycles. The molecule has 0 amide bonds. The first kappa shape index (κ1) is 15.2. The Bertz CT molecular complexity index is 645. The van der Waals surface area contributed by atoms with E-state index in [1.54, 1.807) is 6.07 Å². The van der Waals surface area contributed by atoms with E-state index in [1.165, 1.54) is 12.1 Å². The van der Waals surface area contributed by atoms with Crippen LogP contribution in [-0.2, 0) is 11.4 Å². The second kappa shape index (κ2) is 6.99. The van der Waals surface area contributed by atoms with E-state index in [2.05, 4.69) is 15.9 Å². The summed E-state index contributed by atoms with van der Waals surface area (Å²) in [5.74, 6) is 0.179. The average molecular weight is 350 g/mol. The topological polar surface area (TPSA) is 69.4 Å². The standard InChI is InChI=1S/C15H12BrNO4/c16-13(9-18)12-6-7-15(14(8-12)17(19)20)21-10-11-4-2-1-3-5-11/h1-9,13H,10H2. The number of hydrogen-bond acceptors (Lipinski definition) is 4. The van der Waals surface area contributed by atoms with E-state index < -0.39 is 9.75 Å². The van der Waals surface area contributed by atoms with Gasteiger partial charge in [-0.25, -0.2) is 0 Å². The van der Waals surface area contributed by atoms with Gasteiger partial charge in [0.25, 0.3) is 0 Å². The lowest BCUT2D eigenvalue weighted by Crippen LogP contribution is -2.01. The number of rotatable bonds is 6. The number of hydrogen-bond donors (Lipinski definition) is 0. The van der Waals surface area contributed by atoms with Crippen molar-refractivity contribution >= 4 is 27.9 Å². The lowest BCUT2D eigenvalue weighted by atomic mass is 10.1. The third-order valence-corrected chi connectivity index (χ3v) is 3.60. The lowest BCUT2D eigenvalue weighted by Gasteiger charge is -2.09. The zero-order valence-electron chi connectivity index (χ0n) is 10.9. The molecule has 0 saturated carbocycles. The minimum atomic E-state index is -0.570. The molecule has 108 valence electrons. The summed E-state index contributed by atoms with van der Waals surface area (Å²) in [5, 5.41) is 11.1. The minimum absolute atomic E-state index is 0.158. The van der Waals surface area contributed by atoms with E-state index in [1.807, 2.05) is 30.3 Å². The van der Waals surface area contributed by atoms with Crippen LogP contribution in [-0.4, -0.2) is 11.2 Å². The van der Waals surface area contributed by atoms with Gasteiger partial charge in [0, 0.05) is 6.07 Å². The number of carbonyl (C=O) groups is 1. The predicted molar refractivity (Wildman–Crippen MR) is 81.6 cm³/mol. The van der Waals surface area contributed by atoms with E-state index >= 15 is 0 Å². The molecule has 0 aromatic heterocycles. The van der Waals surface area contributed by atoms with Gasteiger partial charge in [-0.15, -0.1) is 0 Å². The highest BCUT2D eigenvalue weighted by Crippen LogP contribution is 2.32. The third-order valence-electron chi connectivity index (χ3n) is 2.85. The maximum Gasteiger partial charge on any atom is 0.311 e. The van der Waals surface area contributed by atoms with Gasteiger partial charge < -0.3 is 9.53 Å². The van der Waals surface area contributed by atoms with Crippen LogP contribution < -0.4 is 4.74 Å². The number of nitro groups is 1. The van der Waals surface area contributed by atoms with Gasteiger partial charge in [0.15, 0.2) is 5.75 Å². The van der Waals surface area contributed by atoms with Gasteiger partial charge in [-0.3, -0.25) is 10.1 Å². The van der Waals surface area contributed by atoms with Gasteiger partial charge in [-0.05, 0) is 17.2 Å². The van der Waals surface area contributed by atoms with Gasteiger partial charge in [-0.1, -0.05) is 52.3 Å². The molecule has 5 nitrogen and oxygen atoms in total. The van der Waals surface area contributed by atoms with Crippen LogP contribution in [0.4, 0.5) is 5.69 Å². The molecule has 0 fully saturated rings. The van der Waals surface area contributed by atoms with E-state index in [0.717, 1.165) is 5.56 Å². The number of halogens is 1. The molecular formula is C15H12BrNO4. The van der Waals surface area contributed by atoms with Crippen LogP contribution in [0, 0.1) is 10.1 Å². The highest BCUT2D eigenvalue weighted by atomic mass is 79.9. The van der Waals surface area contributed by atoms with Crippen molar-refractivity contribution in [1.82, 2.24) is 0 Å². The Morgan fingerprint density at radius 2 is 1.95 bits per heavy atom. The van der Waals surface area contributed by atoms with E-state index in [0.29, 0.717) is 11.8 Å². The smallest absolute Gasteiger partial charge is 0.311 e. The van der Waals surface area contributed by atoms with Crippen LogP contribution in [0.25, 0.3) is 0 Å². The first-order valence-corrected chi connectivity index (χ1v) is 7.08. The Hall–Kier alpha value is -2.21. The van der Waals surface area contributed by atoms with Crippen molar-refractivity contribution in [1.29, 1.82) is 0 Å². The maximum absolute atomic E-state index is 11.1. The molecule has 0 heterocycles. The third kappa shape index (κ3) is 3.88.